The average Bonchev–Trinajstić information content (AvgIpc) is 2.70. The summed E-state index contributed by atoms with van der Waals surface area (Å²) in [5, 5.41) is 6.43. The summed E-state index contributed by atoms with van der Waals surface area (Å²) in [7, 11) is 5.51. The number of aromatic nitrogens is 2. The Bertz CT molecular complexity index is 851. The second-order valence-electron chi connectivity index (χ2n) is 7.75. The van der Waals surface area contributed by atoms with Gasteiger partial charge in [0, 0.05) is 45.0 Å². The van der Waals surface area contributed by atoms with Crippen molar-refractivity contribution in [1.29, 1.82) is 0 Å². The molecule has 1 aliphatic carbocycles. The fourth-order valence-electron chi connectivity index (χ4n) is 3.62. The molecule has 2 N–H and O–H groups in total. The van der Waals surface area contributed by atoms with E-state index in [1.165, 1.54) is 11.0 Å². The highest BCUT2D eigenvalue weighted by atomic mass is 19.1. The van der Waals surface area contributed by atoms with Crippen molar-refractivity contribution < 1.29 is 9.18 Å². The monoisotopic (exact) mass is 400 g/mol. The first-order valence-corrected chi connectivity index (χ1v) is 9.91. The van der Waals surface area contributed by atoms with E-state index < -0.39 is 5.82 Å². The van der Waals surface area contributed by atoms with Crippen LogP contribution in [0.4, 0.5) is 26.6 Å². The lowest BCUT2D eigenvalue weighted by Gasteiger charge is -2.31. The zero-order chi connectivity index (χ0) is 21.0. The SMILES string of the molecule is Cc1cnc(N[C@H]2CC[C@@H](NC(=O)N(C)c3ccccc3F)CC2)nc1N(C)C. The van der Waals surface area contributed by atoms with Gasteiger partial charge < -0.3 is 15.5 Å². The molecule has 1 aromatic carbocycles. The second-order valence-corrected chi connectivity index (χ2v) is 7.75. The summed E-state index contributed by atoms with van der Waals surface area (Å²) in [4.78, 5) is 24.7. The van der Waals surface area contributed by atoms with Crippen molar-refractivity contribution in [3.63, 3.8) is 0 Å². The van der Waals surface area contributed by atoms with Crippen LogP contribution in [-0.2, 0) is 0 Å². The highest BCUT2D eigenvalue weighted by Gasteiger charge is 2.25. The number of carbonyl (C=O) groups is 1. The highest BCUT2D eigenvalue weighted by molar-refractivity contribution is 5.91. The van der Waals surface area contributed by atoms with Crippen molar-refractivity contribution in [1.82, 2.24) is 15.3 Å². The van der Waals surface area contributed by atoms with Gasteiger partial charge in [0.2, 0.25) is 5.95 Å². The maximum absolute atomic E-state index is 13.9. The molecular formula is C21H29FN6O. The van der Waals surface area contributed by atoms with E-state index in [0.717, 1.165) is 37.1 Å². The van der Waals surface area contributed by atoms with Crippen LogP contribution in [0, 0.1) is 12.7 Å². The quantitative estimate of drug-likeness (QED) is 0.803. The lowest BCUT2D eigenvalue weighted by molar-refractivity contribution is 0.238. The van der Waals surface area contributed by atoms with Crippen LogP contribution in [0.1, 0.15) is 31.2 Å². The van der Waals surface area contributed by atoms with Gasteiger partial charge >= 0.3 is 6.03 Å². The van der Waals surface area contributed by atoms with Crippen LogP contribution in [0.2, 0.25) is 0 Å². The molecule has 8 heteroatoms. The molecular weight excluding hydrogens is 371 g/mol. The van der Waals surface area contributed by atoms with Gasteiger partial charge in [-0.05, 0) is 44.7 Å². The van der Waals surface area contributed by atoms with Gasteiger partial charge in [-0.25, -0.2) is 14.2 Å². The Kier molecular flexibility index (Phi) is 6.51. The number of hydrogen-bond acceptors (Lipinski definition) is 5. The largest absolute Gasteiger partial charge is 0.362 e. The Morgan fingerprint density at radius 3 is 2.41 bits per heavy atom. The zero-order valence-electron chi connectivity index (χ0n) is 17.4. The van der Waals surface area contributed by atoms with Crippen molar-refractivity contribution in [2.45, 2.75) is 44.7 Å². The maximum atomic E-state index is 13.9. The minimum atomic E-state index is -0.409. The molecule has 0 spiro atoms. The van der Waals surface area contributed by atoms with Gasteiger partial charge in [-0.1, -0.05) is 12.1 Å². The highest BCUT2D eigenvalue weighted by Crippen LogP contribution is 2.23. The molecule has 29 heavy (non-hydrogen) atoms. The van der Waals surface area contributed by atoms with Gasteiger partial charge in [-0.2, -0.15) is 4.98 Å². The van der Waals surface area contributed by atoms with Gasteiger partial charge in [-0.15, -0.1) is 0 Å². The molecule has 7 nitrogen and oxygen atoms in total. The zero-order valence-corrected chi connectivity index (χ0v) is 17.4. The number of carbonyl (C=O) groups excluding carboxylic acids is 1. The van der Waals surface area contributed by atoms with E-state index in [2.05, 4.69) is 20.6 Å². The third-order valence-electron chi connectivity index (χ3n) is 5.28. The third-order valence-corrected chi connectivity index (χ3v) is 5.28. The molecule has 0 saturated heterocycles. The van der Waals surface area contributed by atoms with E-state index in [1.807, 2.05) is 32.1 Å². The number of amides is 2. The van der Waals surface area contributed by atoms with Crippen LogP contribution in [0.3, 0.4) is 0 Å². The van der Waals surface area contributed by atoms with Crippen molar-refractivity contribution in [3.8, 4) is 0 Å². The minimum Gasteiger partial charge on any atom is -0.362 e. The van der Waals surface area contributed by atoms with E-state index in [4.69, 9.17) is 0 Å². The van der Waals surface area contributed by atoms with Gasteiger partial charge in [-0.3, -0.25) is 4.90 Å². The summed E-state index contributed by atoms with van der Waals surface area (Å²) in [5.41, 5.74) is 1.31. The number of rotatable bonds is 5. The number of nitrogens with zero attached hydrogens (tertiary/aromatic N) is 4. The number of nitrogens with one attached hydrogen (secondary N) is 2. The van der Waals surface area contributed by atoms with Crippen LogP contribution in [-0.4, -0.2) is 49.2 Å². The summed E-state index contributed by atoms with van der Waals surface area (Å²) in [5.74, 6) is 1.12. The van der Waals surface area contributed by atoms with E-state index in [1.54, 1.807) is 25.2 Å². The molecule has 0 bridgehead atoms. The topological polar surface area (TPSA) is 73.4 Å². The van der Waals surface area contributed by atoms with Crippen LogP contribution in [0.15, 0.2) is 30.5 Å². The number of urea groups is 1. The van der Waals surface area contributed by atoms with Gasteiger partial charge in [0.1, 0.15) is 11.6 Å². The number of para-hydroxylation sites is 1. The Hall–Kier alpha value is -2.90. The Morgan fingerprint density at radius 1 is 1.10 bits per heavy atom. The summed E-state index contributed by atoms with van der Waals surface area (Å²) < 4.78 is 13.9. The number of halogens is 1. The van der Waals surface area contributed by atoms with Crippen LogP contribution in [0.5, 0.6) is 0 Å². The number of aryl methyl sites for hydroxylation is 1. The molecule has 0 atom stereocenters. The van der Waals surface area contributed by atoms with E-state index in [0.29, 0.717) is 5.95 Å². The lowest BCUT2D eigenvalue weighted by atomic mass is 9.91. The van der Waals surface area contributed by atoms with Gasteiger partial charge in [0.25, 0.3) is 0 Å². The Labute approximate surface area is 171 Å². The normalized spacial score (nSPS) is 18.8. The average molecular weight is 401 g/mol. The first-order valence-electron chi connectivity index (χ1n) is 9.91. The third kappa shape index (κ3) is 5.13. The maximum Gasteiger partial charge on any atom is 0.321 e. The molecule has 2 aromatic rings. The number of hydrogen-bond donors (Lipinski definition) is 2. The molecule has 1 aliphatic rings. The van der Waals surface area contributed by atoms with Crippen molar-refractivity contribution >= 4 is 23.5 Å². The molecule has 1 saturated carbocycles. The van der Waals surface area contributed by atoms with E-state index in [9.17, 15) is 9.18 Å². The molecule has 156 valence electrons. The second kappa shape index (κ2) is 9.07. The molecule has 2 amide bonds. The van der Waals surface area contributed by atoms with Gasteiger partial charge in [0.15, 0.2) is 0 Å². The predicted octanol–water partition coefficient (Wildman–Crippen LogP) is 3.56. The molecule has 0 unspecified atom stereocenters. The summed E-state index contributed by atoms with van der Waals surface area (Å²) in [6, 6.07) is 6.33. The van der Waals surface area contributed by atoms with E-state index in [-0.39, 0.29) is 23.8 Å². The van der Waals surface area contributed by atoms with Crippen LogP contribution in [0.25, 0.3) is 0 Å². The van der Waals surface area contributed by atoms with Crippen LogP contribution < -0.4 is 20.4 Å². The molecule has 1 fully saturated rings. The Morgan fingerprint density at radius 2 is 1.76 bits per heavy atom. The first-order chi connectivity index (χ1) is 13.8. The predicted molar refractivity (Wildman–Crippen MR) is 114 cm³/mol. The molecule has 0 radical (unpaired) electrons. The standard InChI is InChI=1S/C21H29FN6O/c1-14-13-23-20(26-19(14)27(2)3)24-15-9-11-16(12-10-15)25-21(29)28(4)18-8-6-5-7-17(18)22/h5-8,13,15-16H,9-12H2,1-4H3,(H,25,29)(H,23,24,26)/t15-,16+. The smallest absolute Gasteiger partial charge is 0.321 e. The van der Waals surface area contributed by atoms with Crippen molar-refractivity contribution in [3.05, 3.63) is 41.8 Å². The van der Waals surface area contributed by atoms with E-state index >= 15 is 0 Å². The van der Waals surface area contributed by atoms with Gasteiger partial charge in [0.05, 0.1) is 5.69 Å². The number of anilines is 3. The molecule has 1 aromatic heterocycles. The van der Waals surface area contributed by atoms with Crippen molar-refractivity contribution in [2.75, 3.05) is 36.3 Å². The van der Waals surface area contributed by atoms with Crippen molar-refractivity contribution in [2.24, 2.45) is 0 Å². The van der Waals surface area contributed by atoms with Crippen LogP contribution >= 0.6 is 0 Å². The summed E-state index contributed by atoms with van der Waals surface area (Å²) in [6.45, 7) is 1.99. The summed E-state index contributed by atoms with van der Waals surface area (Å²) in [6.07, 6.45) is 5.34. The first kappa shape index (κ1) is 20.8. The number of benzene rings is 1. The fourth-order valence-corrected chi connectivity index (χ4v) is 3.62. The molecule has 0 aliphatic heterocycles. The molecule has 3 rings (SSSR count). The fraction of sp³-hybridized carbons (Fsp3) is 0.476. The minimum absolute atomic E-state index is 0.0750. The lowest BCUT2D eigenvalue weighted by Crippen LogP contribution is -2.46. The Balaban J connectivity index is 1.51. The molecule has 1 heterocycles. The summed E-state index contributed by atoms with van der Waals surface area (Å²) >= 11 is 0.